The Kier molecular flexibility index (Phi) is 6.01. The smallest absolute Gasteiger partial charge is 0.121 e. The van der Waals surface area contributed by atoms with Crippen LogP contribution in [0.1, 0.15) is 20.8 Å². The van der Waals surface area contributed by atoms with E-state index >= 15 is 0 Å². The van der Waals surface area contributed by atoms with E-state index in [1.54, 1.807) is 6.92 Å². The van der Waals surface area contributed by atoms with Crippen LogP contribution in [0.3, 0.4) is 0 Å². The SMILES string of the molecule is CC=CN(C=CC)c1cccc(OCC(C)O)c1. The van der Waals surface area contributed by atoms with Crippen molar-refractivity contribution in [2.75, 3.05) is 11.5 Å². The summed E-state index contributed by atoms with van der Waals surface area (Å²) in [5, 5.41) is 9.20. The second kappa shape index (κ2) is 7.56. The van der Waals surface area contributed by atoms with Crippen molar-refractivity contribution >= 4 is 5.69 Å². The molecule has 3 nitrogen and oxygen atoms in total. The number of anilines is 1. The van der Waals surface area contributed by atoms with Gasteiger partial charge in [-0.05, 0) is 32.9 Å². The Labute approximate surface area is 109 Å². The van der Waals surface area contributed by atoms with Crippen molar-refractivity contribution in [3.05, 3.63) is 48.8 Å². The fraction of sp³-hybridized carbons (Fsp3) is 0.333. The molecule has 0 radical (unpaired) electrons. The molecule has 1 unspecified atom stereocenters. The fourth-order valence-electron chi connectivity index (χ4n) is 1.49. The van der Waals surface area contributed by atoms with E-state index in [1.807, 2.05) is 67.6 Å². The number of allylic oxidation sites excluding steroid dienone is 2. The number of hydrogen-bond acceptors (Lipinski definition) is 3. The zero-order chi connectivity index (χ0) is 13.4. The first-order valence-corrected chi connectivity index (χ1v) is 6.12. The number of aliphatic hydroxyl groups excluding tert-OH is 1. The van der Waals surface area contributed by atoms with E-state index in [2.05, 4.69) is 0 Å². The molecule has 0 heterocycles. The van der Waals surface area contributed by atoms with Crippen molar-refractivity contribution < 1.29 is 9.84 Å². The largest absolute Gasteiger partial charge is 0.491 e. The van der Waals surface area contributed by atoms with Crippen LogP contribution < -0.4 is 9.64 Å². The predicted octanol–water partition coefficient (Wildman–Crippen LogP) is 3.32. The van der Waals surface area contributed by atoms with E-state index in [-0.39, 0.29) is 0 Å². The summed E-state index contributed by atoms with van der Waals surface area (Å²) in [7, 11) is 0. The van der Waals surface area contributed by atoms with Crippen molar-refractivity contribution in [3.63, 3.8) is 0 Å². The number of aliphatic hydroxyl groups is 1. The summed E-state index contributed by atoms with van der Waals surface area (Å²) in [5.74, 6) is 0.757. The summed E-state index contributed by atoms with van der Waals surface area (Å²) < 4.78 is 5.49. The lowest BCUT2D eigenvalue weighted by atomic mass is 10.2. The van der Waals surface area contributed by atoms with E-state index in [0.717, 1.165) is 11.4 Å². The van der Waals surface area contributed by atoms with Crippen LogP contribution in [0.25, 0.3) is 0 Å². The monoisotopic (exact) mass is 247 g/mol. The lowest BCUT2D eigenvalue weighted by Gasteiger charge is -2.17. The molecule has 1 aromatic carbocycles. The van der Waals surface area contributed by atoms with Gasteiger partial charge in [-0.15, -0.1) is 0 Å². The Morgan fingerprint density at radius 3 is 2.50 bits per heavy atom. The molecule has 0 spiro atoms. The van der Waals surface area contributed by atoms with E-state index in [1.165, 1.54) is 0 Å². The molecule has 0 fully saturated rings. The molecular formula is C15H21NO2. The Morgan fingerprint density at radius 2 is 1.94 bits per heavy atom. The number of hydrogen-bond donors (Lipinski definition) is 1. The minimum atomic E-state index is -0.462. The van der Waals surface area contributed by atoms with Crippen LogP contribution >= 0.6 is 0 Å². The molecule has 98 valence electrons. The van der Waals surface area contributed by atoms with Crippen molar-refractivity contribution in [1.82, 2.24) is 0 Å². The molecule has 1 rings (SSSR count). The third kappa shape index (κ3) is 4.63. The molecule has 0 bridgehead atoms. The average molecular weight is 247 g/mol. The Hall–Kier alpha value is -1.74. The molecule has 18 heavy (non-hydrogen) atoms. The molecule has 1 N–H and O–H groups in total. The lowest BCUT2D eigenvalue weighted by Crippen LogP contribution is -2.13. The predicted molar refractivity (Wildman–Crippen MR) is 75.7 cm³/mol. The Bertz CT molecular complexity index is 399. The molecule has 1 atom stereocenters. The van der Waals surface area contributed by atoms with Crippen LogP contribution in [0, 0.1) is 0 Å². The molecule has 0 aliphatic heterocycles. The quantitative estimate of drug-likeness (QED) is 0.837. The molecule has 0 saturated heterocycles. The average Bonchev–Trinajstić information content (AvgIpc) is 2.36. The zero-order valence-electron chi connectivity index (χ0n) is 11.2. The van der Waals surface area contributed by atoms with Crippen LogP contribution in [0.15, 0.2) is 48.8 Å². The maximum Gasteiger partial charge on any atom is 0.121 e. The van der Waals surface area contributed by atoms with Gasteiger partial charge in [0, 0.05) is 24.2 Å². The molecule has 1 aromatic rings. The number of benzene rings is 1. The molecule has 0 aliphatic carbocycles. The van der Waals surface area contributed by atoms with Gasteiger partial charge in [-0.1, -0.05) is 18.2 Å². The van der Waals surface area contributed by atoms with Crippen molar-refractivity contribution in [2.45, 2.75) is 26.9 Å². The van der Waals surface area contributed by atoms with Crippen molar-refractivity contribution in [3.8, 4) is 5.75 Å². The lowest BCUT2D eigenvalue weighted by molar-refractivity contribution is 0.123. The van der Waals surface area contributed by atoms with Gasteiger partial charge in [-0.2, -0.15) is 0 Å². The molecule has 0 saturated carbocycles. The van der Waals surface area contributed by atoms with Gasteiger partial charge in [0.25, 0.3) is 0 Å². The second-order valence-corrected chi connectivity index (χ2v) is 4.03. The first-order chi connectivity index (χ1) is 8.67. The van der Waals surface area contributed by atoms with Gasteiger partial charge in [0.15, 0.2) is 0 Å². The molecule has 3 heteroatoms. The second-order valence-electron chi connectivity index (χ2n) is 4.03. The fourth-order valence-corrected chi connectivity index (χ4v) is 1.49. The minimum Gasteiger partial charge on any atom is -0.491 e. The third-order valence-corrected chi connectivity index (χ3v) is 2.23. The highest BCUT2D eigenvalue weighted by atomic mass is 16.5. The first-order valence-electron chi connectivity index (χ1n) is 6.12. The number of rotatable bonds is 6. The molecule has 0 amide bonds. The van der Waals surface area contributed by atoms with Crippen LogP contribution in [-0.2, 0) is 0 Å². The van der Waals surface area contributed by atoms with Crippen LogP contribution in [0.2, 0.25) is 0 Å². The Morgan fingerprint density at radius 1 is 1.28 bits per heavy atom. The van der Waals surface area contributed by atoms with Gasteiger partial charge in [-0.25, -0.2) is 0 Å². The molecular weight excluding hydrogens is 226 g/mol. The highest BCUT2D eigenvalue weighted by Gasteiger charge is 2.02. The van der Waals surface area contributed by atoms with Gasteiger partial charge in [0.2, 0.25) is 0 Å². The molecule has 0 aromatic heterocycles. The van der Waals surface area contributed by atoms with Gasteiger partial charge < -0.3 is 14.7 Å². The number of ether oxygens (including phenoxy) is 1. The van der Waals surface area contributed by atoms with Crippen LogP contribution in [0.4, 0.5) is 5.69 Å². The zero-order valence-corrected chi connectivity index (χ0v) is 11.2. The van der Waals surface area contributed by atoms with Crippen molar-refractivity contribution in [1.29, 1.82) is 0 Å². The summed E-state index contributed by atoms with van der Waals surface area (Å²) in [6.07, 6.45) is 7.45. The molecule has 0 aliphatic rings. The number of nitrogens with zero attached hydrogens (tertiary/aromatic N) is 1. The summed E-state index contributed by atoms with van der Waals surface area (Å²) in [5.41, 5.74) is 1.02. The van der Waals surface area contributed by atoms with Crippen LogP contribution in [-0.4, -0.2) is 17.8 Å². The maximum atomic E-state index is 9.20. The highest BCUT2D eigenvalue weighted by molar-refractivity contribution is 5.55. The Balaban J connectivity index is 2.85. The summed E-state index contributed by atoms with van der Waals surface area (Å²) >= 11 is 0. The van der Waals surface area contributed by atoms with E-state index < -0.39 is 6.10 Å². The normalized spacial score (nSPS) is 13.1. The van der Waals surface area contributed by atoms with E-state index in [0.29, 0.717) is 6.61 Å². The standard InChI is InChI=1S/C15H21NO2/c1-4-9-16(10-5-2)14-7-6-8-15(11-14)18-12-13(3)17/h4-11,13,17H,12H2,1-3H3. The van der Waals surface area contributed by atoms with E-state index in [4.69, 9.17) is 4.74 Å². The summed E-state index contributed by atoms with van der Waals surface area (Å²) in [4.78, 5) is 2.01. The first kappa shape index (κ1) is 14.3. The minimum absolute atomic E-state index is 0.302. The van der Waals surface area contributed by atoms with Gasteiger partial charge in [0.05, 0.1) is 6.10 Å². The van der Waals surface area contributed by atoms with Gasteiger partial charge in [0.1, 0.15) is 12.4 Å². The maximum absolute atomic E-state index is 9.20. The highest BCUT2D eigenvalue weighted by Crippen LogP contribution is 2.22. The van der Waals surface area contributed by atoms with E-state index in [9.17, 15) is 5.11 Å². The topological polar surface area (TPSA) is 32.7 Å². The summed E-state index contributed by atoms with van der Waals surface area (Å²) in [6.45, 7) is 5.96. The van der Waals surface area contributed by atoms with Gasteiger partial charge in [-0.3, -0.25) is 0 Å². The van der Waals surface area contributed by atoms with Gasteiger partial charge >= 0.3 is 0 Å². The van der Waals surface area contributed by atoms with Crippen molar-refractivity contribution in [2.24, 2.45) is 0 Å². The van der Waals surface area contributed by atoms with Crippen LogP contribution in [0.5, 0.6) is 5.75 Å². The third-order valence-electron chi connectivity index (χ3n) is 2.23. The summed E-state index contributed by atoms with van der Waals surface area (Å²) in [6, 6.07) is 7.78.